The summed E-state index contributed by atoms with van der Waals surface area (Å²) in [6, 6.07) is 9.73. The molecule has 3 rings (SSSR count). The van der Waals surface area contributed by atoms with Crippen LogP contribution in [0.2, 0.25) is 0 Å². The van der Waals surface area contributed by atoms with Gasteiger partial charge in [-0.25, -0.2) is 0 Å². The second-order valence-corrected chi connectivity index (χ2v) is 5.24. The summed E-state index contributed by atoms with van der Waals surface area (Å²) in [4.78, 5) is 12.6. The van der Waals surface area contributed by atoms with Crippen LogP contribution in [0.5, 0.6) is 0 Å². The predicted octanol–water partition coefficient (Wildman–Crippen LogP) is 4.17. The minimum Gasteiger partial charge on any atom is -0.294 e. The molecule has 0 radical (unpaired) electrons. The number of ketones is 1. The third-order valence-corrected chi connectivity index (χ3v) is 4.14. The fraction of sp³-hybridized carbons (Fsp3) is 0.353. The Hall–Kier alpha value is -1.63. The van der Waals surface area contributed by atoms with Crippen LogP contribution in [0.4, 0.5) is 0 Å². The van der Waals surface area contributed by atoms with Crippen LogP contribution < -0.4 is 0 Å². The standard InChI is InChI=1S/C17H18O/c18-17(14-8-2-1-3-9-14)16-12-6-10-13-7-4-5-11-15(13)16/h1-5,8-9,11,13,16H,6-7,10,12H2. The second kappa shape index (κ2) is 4.93. The number of hydrogen-bond acceptors (Lipinski definition) is 1. The van der Waals surface area contributed by atoms with Crippen LogP contribution in [0.3, 0.4) is 0 Å². The Kier molecular flexibility index (Phi) is 3.14. The molecule has 0 heterocycles. The van der Waals surface area contributed by atoms with Gasteiger partial charge in [0.25, 0.3) is 0 Å². The maximum absolute atomic E-state index is 12.6. The van der Waals surface area contributed by atoms with Crippen molar-refractivity contribution in [2.45, 2.75) is 25.7 Å². The Labute approximate surface area is 108 Å². The molecular weight excluding hydrogens is 220 g/mol. The largest absolute Gasteiger partial charge is 0.294 e. The Morgan fingerprint density at radius 1 is 1.11 bits per heavy atom. The fourth-order valence-electron chi connectivity index (χ4n) is 3.20. The Morgan fingerprint density at radius 2 is 1.94 bits per heavy atom. The monoisotopic (exact) mass is 238 g/mol. The molecule has 92 valence electrons. The van der Waals surface area contributed by atoms with E-state index < -0.39 is 0 Å². The zero-order chi connectivity index (χ0) is 12.4. The van der Waals surface area contributed by atoms with E-state index in [1.54, 1.807) is 0 Å². The number of allylic oxidation sites excluding steroid dienone is 4. The van der Waals surface area contributed by atoms with E-state index in [1.165, 1.54) is 18.4 Å². The molecule has 2 aliphatic carbocycles. The second-order valence-electron chi connectivity index (χ2n) is 5.24. The summed E-state index contributed by atoms with van der Waals surface area (Å²) in [6.07, 6.45) is 11.1. The van der Waals surface area contributed by atoms with Crippen molar-refractivity contribution < 1.29 is 4.79 Å². The van der Waals surface area contributed by atoms with Crippen molar-refractivity contribution in [2.24, 2.45) is 11.8 Å². The first-order chi connectivity index (χ1) is 8.86. The zero-order valence-corrected chi connectivity index (χ0v) is 10.5. The third-order valence-electron chi connectivity index (χ3n) is 4.14. The lowest BCUT2D eigenvalue weighted by atomic mass is 9.71. The highest BCUT2D eigenvalue weighted by Gasteiger charge is 2.32. The van der Waals surface area contributed by atoms with Gasteiger partial charge in [0.1, 0.15) is 0 Å². The van der Waals surface area contributed by atoms with Gasteiger partial charge in [-0.05, 0) is 25.2 Å². The normalized spacial score (nSPS) is 26.3. The number of carbonyl (C=O) groups is 1. The van der Waals surface area contributed by atoms with Crippen LogP contribution in [-0.4, -0.2) is 5.78 Å². The summed E-state index contributed by atoms with van der Waals surface area (Å²) in [5, 5.41) is 0. The summed E-state index contributed by atoms with van der Waals surface area (Å²) < 4.78 is 0. The van der Waals surface area contributed by atoms with Gasteiger partial charge in [-0.2, -0.15) is 0 Å². The topological polar surface area (TPSA) is 17.1 Å². The van der Waals surface area contributed by atoms with Crippen molar-refractivity contribution in [2.75, 3.05) is 0 Å². The highest BCUT2D eigenvalue weighted by Crippen LogP contribution is 2.39. The molecule has 2 atom stereocenters. The lowest BCUT2D eigenvalue weighted by molar-refractivity contribution is 0.0914. The van der Waals surface area contributed by atoms with Gasteiger partial charge in [0, 0.05) is 11.5 Å². The lowest BCUT2D eigenvalue weighted by Gasteiger charge is -2.32. The van der Waals surface area contributed by atoms with Crippen molar-refractivity contribution in [1.29, 1.82) is 0 Å². The minimum atomic E-state index is 0.121. The molecule has 2 aliphatic rings. The molecule has 0 aromatic heterocycles. The smallest absolute Gasteiger partial charge is 0.169 e. The van der Waals surface area contributed by atoms with E-state index in [0.29, 0.717) is 11.7 Å². The van der Waals surface area contributed by atoms with Gasteiger partial charge < -0.3 is 0 Å². The van der Waals surface area contributed by atoms with E-state index in [0.717, 1.165) is 18.4 Å². The van der Waals surface area contributed by atoms with Gasteiger partial charge in [-0.1, -0.05) is 60.6 Å². The Balaban J connectivity index is 1.89. The van der Waals surface area contributed by atoms with Crippen LogP contribution in [0, 0.1) is 11.8 Å². The summed E-state index contributed by atoms with van der Waals surface area (Å²) in [5.41, 5.74) is 2.23. The van der Waals surface area contributed by atoms with Gasteiger partial charge in [0.2, 0.25) is 0 Å². The van der Waals surface area contributed by atoms with Crippen LogP contribution in [0.15, 0.2) is 54.1 Å². The Bertz CT molecular complexity index is 496. The van der Waals surface area contributed by atoms with E-state index in [1.807, 2.05) is 30.3 Å². The molecule has 0 bridgehead atoms. The maximum atomic E-state index is 12.6. The van der Waals surface area contributed by atoms with Crippen molar-refractivity contribution in [3.63, 3.8) is 0 Å². The van der Waals surface area contributed by atoms with Gasteiger partial charge in [0.05, 0.1) is 0 Å². The Morgan fingerprint density at radius 3 is 2.78 bits per heavy atom. The van der Waals surface area contributed by atoms with E-state index in [4.69, 9.17) is 0 Å². The van der Waals surface area contributed by atoms with Gasteiger partial charge in [-0.3, -0.25) is 4.79 Å². The molecule has 2 unspecified atom stereocenters. The molecule has 18 heavy (non-hydrogen) atoms. The van der Waals surface area contributed by atoms with Gasteiger partial charge >= 0.3 is 0 Å². The number of benzene rings is 1. The molecule has 1 aromatic carbocycles. The number of Topliss-reactive ketones (excluding diaryl/α,β-unsaturated/α-hetero) is 1. The minimum absolute atomic E-state index is 0.121. The SMILES string of the molecule is O=C(c1ccccc1)C1CCCC2CC=CC=C21. The fourth-order valence-corrected chi connectivity index (χ4v) is 3.20. The van der Waals surface area contributed by atoms with Gasteiger partial charge in [-0.15, -0.1) is 0 Å². The quantitative estimate of drug-likeness (QED) is 0.707. The van der Waals surface area contributed by atoms with E-state index >= 15 is 0 Å². The van der Waals surface area contributed by atoms with Gasteiger partial charge in [0.15, 0.2) is 5.78 Å². The number of fused-ring (bicyclic) bond motifs is 1. The molecule has 1 fully saturated rings. The molecule has 0 spiro atoms. The number of hydrogen-bond donors (Lipinski definition) is 0. The summed E-state index contributed by atoms with van der Waals surface area (Å²) in [6.45, 7) is 0. The lowest BCUT2D eigenvalue weighted by Crippen LogP contribution is -2.26. The van der Waals surface area contributed by atoms with Crippen molar-refractivity contribution >= 4 is 5.78 Å². The number of carbonyl (C=O) groups excluding carboxylic acids is 1. The first-order valence-corrected chi connectivity index (χ1v) is 6.82. The summed E-state index contributed by atoms with van der Waals surface area (Å²) >= 11 is 0. The highest BCUT2D eigenvalue weighted by atomic mass is 16.1. The predicted molar refractivity (Wildman–Crippen MR) is 73.4 cm³/mol. The molecule has 0 saturated heterocycles. The van der Waals surface area contributed by atoms with Crippen molar-refractivity contribution in [1.82, 2.24) is 0 Å². The van der Waals surface area contributed by atoms with Crippen LogP contribution in [0.1, 0.15) is 36.0 Å². The van der Waals surface area contributed by atoms with Crippen molar-refractivity contribution in [3.05, 3.63) is 59.7 Å². The molecule has 0 N–H and O–H groups in total. The molecular formula is C17H18O. The molecule has 1 heteroatoms. The van der Waals surface area contributed by atoms with E-state index in [9.17, 15) is 4.79 Å². The third kappa shape index (κ3) is 2.05. The molecule has 1 aromatic rings. The van der Waals surface area contributed by atoms with Crippen molar-refractivity contribution in [3.8, 4) is 0 Å². The zero-order valence-electron chi connectivity index (χ0n) is 10.5. The first kappa shape index (κ1) is 11.5. The van der Waals surface area contributed by atoms with E-state index in [-0.39, 0.29) is 5.92 Å². The molecule has 0 amide bonds. The summed E-state index contributed by atoms with van der Waals surface area (Å²) in [7, 11) is 0. The summed E-state index contributed by atoms with van der Waals surface area (Å²) in [5.74, 6) is 1.04. The molecule has 0 aliphatic heterocycles. The maximum Gasteiger partial charge on any atom is 0.169 e. The van der Waals surface area contributed by atoms with Crippen LogP contribution in [-0.2, 0) is 0 Å². The molecule has 1 saturated carbocycles. The van der Waals surface area contributed by atoms with E-state index in [2.05, 4.69) is 18.2 Å². The average Bonchev–Trinajstić information content (AvgIpc) is 2.47. The highest BCUT2D eigenvalue weighted by molar-refractivity contribution is 5.99. The average molecular weight is 238 g/mol. The van der Waals surface area contributed by atoms with Crippen LogP contribution in [0.25, 0.3) is 0 Å². The van der Waals surface area contributed by atoms with Crippen LogP contribution >= 0.6 is 0 Å². The molecule has 1 nitrogen and oxygen atoms in total. The number of rotatable bonds is 2. The first-order valence-electron chi connectivity index (χ1n) is 6.82.